The molecule has 1 N–H and O–H groups in total. The van der Waals surface area contributed by atoms with Gasteiger partial charge in [-0.2, -0.15) is 0 Å². The highest BCUT2D eigenvalue weighted by atomic mass is 35.5. The monoisotopic (exact) mass is 318 g/mol. The van der Waals surface area contributed by atoms with Crippen LogP contribution in [-0.4, -0.2) is 13.4 Å². The first kappa shape index (κ1) is 14.7. The summed E-state index contributed by atoms with van der Waals surface area (Å²) in [6.07, 6.45) is 1.41. The van der Waals surface area contributed by atoms with Gasteiger partial charge in [-0.3, -0.25) is 4.72 Å². The number of aromatic nitrogens is 1. The van der Waals surface area contributed by atoms with Gasteiger partial charge in [0.15, 0.2) is 5.15 Å². The molecule has 0 amide bonds. The second-order valence-electron chi connectivity index (χ2n) is 3.97. The van der Waals surface area contributed by atoms with Crippen molar-refractivity contribution in [2.75, 3.05) is 4.72 Å². The smallest absolute Gasteiger partial charge is 0.264 e. The summed E-state index contributed by atoms with van der Waals surface area (Å²) < 4.78 is 52.6. The van der Waals surface area contributed by atoms with E-state index in [2.05, 4.69) is 9.71 Å². The summed E-state index contributed by atoms with van der Waals surface area (Å²) in [5.41, 5.74) is 0.578. The summed E-state index contributed by atoms with van der Waals surface area (Å²) >= 11 is 5.80. The maximum absolute atomic E-state index is 13.5. The molecular weight excluding hydrogens is 310 g/mol. The van der Waals surface area contributed by atoms with Crippen LogP contribution in [0.25, 0.3) is 0 Å². The minimum Gasteiger partial charge on any atom is -0.276 e. The molecule has 0 aliphatic carbocycles. The first-order valence-corrected chi connectivity index (χ1v) is 7.26. The van der Waals surface area contributed by atoms with Crippen LogP contribution in [0.1, 0.15) is 5.56 Å². The number of pyridine rings is 1. The lowest BCUT2D eigenvalue weighted by Crippen LogP contribution is -2.16. The molecule has 0 saturated heterocycles. The lowest BCUT2D eigenvalue weighted by molar-refractivity contribution is 0.551. The standard InChI is InChI=1S/C12H9ClF2N2O2S/c1-7-4-5-16-12(13)11(7)17-20(18,19)10-3-2-8(14)6-9(10)15/h2-6,17H,1H3. The normalized spacial score (nSPS) is 11.4. The molecule has 0 atom stereocenters. The van der Waals surface area contributed by atoms with Crippen LogP contribution in [0.4, 0.5) is 14.5 Å². The summed E-state index contributed by atoms with van der Waals surface area (Å²) in [6, 6.07) is 3.74. The third-order valence-electron chi connectivity index (χ3n) is 2.53. The molecule has 0 aliphatic rings. The molecule has 2 rings (SSSR count). The van der Waals surface area contributed by atoms with Crippen LogP contribution < -0.4 is 4.72 Å². The molecule has 8 heteroatoms. The highest BCUT2D eigenvalue weighted by Crippen LogP contribution is 2.26. The Kier molecular flexibility index (Phi) is 3.92. The second-order valence-corrected chi connectivity index (χ2v) is 5.98. The summed E-state index contributed by atoms with van der Waals surface area (Å²) in [6.45, 7) is 1.62. The predicted molar refractivity (Wildman–Crippen MR) is 71.2 cm³/mol. The van der Waals surface area contributed by atoms with Crippen LogP contribution >= 0.6 is 11.6 Å². The van der Waals surface area contributed by atoms with E-state index in [0.717, 1.165) is 12.1 Å². The number of nitrogens with zero attached hydrogens (tertiary/aromatic N) is 1. The van der Waals surface area contributed by atoms with Crippen molar-refractivity contribution >= 4 is 27.3 Å². The van der Waals surface area contributed by atoms with E-state index in [1.807, 2.05) is 0 Å². The average molecular weight is 319 g/mol. The topological polar surface area (TPSA) is 59.1 Å². The van der Waals surface area contributed by atoms with E-state index in [9.17, 15) is 17.2 Å². The van der Waals surface area contributed by atoms with Gasteiger partial charge in [0.2, 0.25) is 0 Å². The highest BCUT2D eigenvalue weighted by Gasteiger charge is 2.21. The number of halogens is 3. The van der Waals surface area contributed by atoms with Gasteiger partial charge in [0.1, 0.15) is 16.5 Å². The largest absolute Gasteiger partial charge is 0.276 e. The zero-order chi connectivity index (χ0) is 14.9. The van der Waals surface area contributed by atoms with Gasteiger partial charge in [-0.05, 0) is 30.7 Å². The number of nitrogens with one attached hydrogen (secondary N) is 1. The van der Waals surface area contributed by atoms with E-state index in [1.54, 1.807) is 13.0 Å². The van der Waals surface area contributed by atoms with Gasteiger partial charge >= 0.3 is 0 Å². The Labute approximate surface area is 119 Å². The molecule has 1 aromatic carbocycles. The fourth-order valence-corrected chi connectivity index (χ4v) is 3.04. The van der Waals surface area contributed by atoms with Crippen LogP contribution in [0.3, 0.4) is 0 Å². The molecule has 0 radical (unpaired) electrons. The Balaban J connectivity index is 2.46. The zero-order valence-corrected chi connectivity index (χ0v) is 11.8. The summed E-state index contributed by atoms with van der Waals surface area (Å²) in [5, 5.41) is -0.0592. The molecule has 4 nitrogen and oxygen atoms in total. The van der Waals surface area contributed by atoms with E-state index in [1.165, 1.54) is 6.20 Å². The SMILES string of the molecule is Cc1ccnc(Cl)c1NS(=O)(=O)c1ccc(F)cc1F. The van der Waals surface area contributed by atoms with Gasteiger partial charge in [-0.25, -0.2) is 22.2 Å². The number of hydrogen-bond donors (Lipinski definition) is 1. The second kappa shape index (κ2) is 5.34. The van der Waals surface area contributed by atoms with Crippen molar-refractivity contribution in [1.82, 2.24) is 4.98 Å². The highest BCUT2D eigenvalue weighted by molar-refractivity contribution is 7.92. The minimum atomic E-state index is -4.22. The van der Waals surface area contributed by atoms with Crippen LogP contribution in [0, 0.1) is 18.6 Å². The molecule has 0 unspecified atom stereocenters. The zero-order valence-electron chi connectivity index (χ0n) is 10.2. The Morgan fingerprint density at radius 1 is 1.25 bits per heavy atom. The van der Waals surface area contributed by atoms with E-state index in [4.69, 9.17) is 11.6 Å². The molecule has 0 saturated carbocycles. The van der Waals surface area contributed by atoms with E-state index in [-0.39, 0.29) is 10.8 Å². The van der Waals surface area contributed by atoms with Crippen molar-refractivity contribution in [3.8, 4) is 0 Å². The van der Waals surface area contributed by atoms with Crippen molar-refractivity contribution in [2.45, 2.75) is 11.8 Å². The average Bonchev–Trinajstić information content (AvgIpc) is 2.33. The minimum absolute atomic E-state index is 0.0536. The lowest BCUT2D eigenvalue weighted by atomic mass is 10.3. The van der Waals surface area contributed by atoms with Gasteiger partial charge < -0.3 is 0 Å². The molecule has 1 heterocycles. The Morgan fingerprint density at radius 2 is 1.95 bits per heavy atom. The third kappa shape index (κ3) is 2.88. The fourth-order valence-electron chi connectivity index (χ4n) is 1.53. The van der Waals surface area contributed by atoms with E-state index < -0.39 is 26.6 Å². The Bertz CT molecular complexity index is 746. The van der Waals surface area contributed by atoms with Gasteiger partial charge in [0.25, 0.3) is 10.0 Å². The van der Waals surface area contributed by atoms with Gasteiger partial charge in [0, 0.05) is 12.3 Å². The predicted octanol–water partition coefficient (Wildman–Crippen LogP) is 3.12. The molecule has 2 aromatic rings. The summed E-state index contributed by atoms with van der Waals surface area (Å²) in [5.74, 6) is -2.05. The van der Waals surface area contributed by atoms with Crippen molar-refractivity contribution in [1.29, 1.82) is 0 Å². The van der Waals surface area contributed by atoms with Crippen molar-refractivity contribution in [3.63, 3.8) is 0 Å². The first-order valence-electron chi connectivity index (χ1n) is 5.40. The van der Waals surface area contributed by atoms with Crippen molar-refractivity contribution in [2.24, 2.45) is 0 Å². The maximum atomic E-state index is 13.5. The molecule has 0 bridgehead atoms. The summed E-state index contributed by atoms with van der Waals surface area (Å²) in [7, 11) is -4.22. The van der Waals surface area contributed by atoms with E-state index in [0.29, 0.717) is 11.6 Å². The Morgan fingerprint density at radius 3 is 2.55 bits per heavy atom. The molecule has 0 aliphatic heterocycles. The van der Waals surface area contributed by atoms with Gasteiger partial charge in [0.05, 0.1) is 5.69 Å². The molecule has 106 valence electrons. The molecule has 20 heavy (non-hydrogen) atoms. The number of aryl methyl sites for hydroxylation is 1. The first-order chi connectivity index (χ1) is 9.31. The van der Waals surface area contributed by atoms with Crippen LogP contribution in [0.2, 0.25) is 5.15 Å². The van der Waals surface area contributed by atoms with Crippen LogP contribution in [-0.2, 0) is 10.0 Å². The number of benzene rings is 1. The fraction of sp³-hybridized carbons (Fsp3) is 0.0833. The van der Waals surface area contributed by atoms with Crippen molar-refractivity contribution < 1.29 is 17.2 Å². The Hall–Kier alpha value is -1.73. The van der Waals surface area contributed by atoms with Crippen molar-refractivity contribution in [3.05, 3.63) is 52.8 Å². The number of sulfonamides is 1. The lowest BCUT2D eigenvalue weighted by Gasteiger charge is -2.11. The molecule has 0 fully saturated rings. The maximum Gasteiger partial charge on any atom is 0.264 e. The molecule has 1 aromatic heterocycles. The quantitative estimate of drug-likeness (QED) is 0.885. The van der Waals surface area contributed by atoms with Crippen LogP contribution in [0.15, 0.2) is 35.4 Å². The van der Waals surface area contributed by atoms with E-state index >= 15 is 0 Å². The molecule has 0 spiro atoms. The number of rotatable bonds is 3. The van der Waals surface area contributed by atoms with Gasteiger partial charge in [-0.15, -0.1) is 0 Å². The van der Waals surface area contributed by atoms with Gasteiger partial charge in [-0.1, -0.05) is 11.6 Å². The third-order valence-corrected chi connectivity index (χ3v) is 4.20. The van der Waals surface area contributed by atoms with Crippen LogP contribution in [0.5, 0.6) is 0 Å². The number of anilines is 1. The summed E-state index contributed by atoms with van der Waals surface area (Å²) in [4.78, 5) is 3.07. The number of hydrogen-bond acceptors (Lipinski definition) is 3. The molecular formula is C12H9ClF2N2O2S.